The van der Waals surface area contributed by atoms with Gasteiger partial charge in [0.1, 0.15) is 0 Å². The van der Waals surface area contributed by atoms with E-state index in [2.05, 4.69) is 10.2 Å². The first-order valence-electron chi connectivity index (χ1n) is 3.02. The smallest absolute Gasteiger partial charge is 0.245 e. The Morgan fingerprint density at radius 1 is 1.91 bits per heavy atom. The van der Waals surface area contributed by atoms with Gasteiger partial charge in [-0.3, -0.25) is 15.2 Å². The highest BCUT2D eigenvalue weighted by atomic mass is 16.6. The van der Waals surface area contributed by atoms with Gasteiger partial charge in [0.2, 0.25) is 5.70 Å². The lowest BCUT2D eigenvalue weighted by Gasteiger charge is -1.85. The second kappa shape index (κ2) is 2.96. The monoisotopic (exact) mass is 153 g/mol. The number of hydrogen-bond acceptors (Lipinski definition) is 3. The summed E-state index contributed by atoms with van der Waals surface area (Å²) in [5.74, 6) is 0. The van der Waals surface area contributed by atoms with Crippen LogP contribution in [-0.2, 0) is 0 Å². The van der Waals surface area contributed by atoms with E-state index in [1.807, 2.05) is 0 Å². The van der Waals surface area contributed by atoms with Crippen molar-refractivity contribution in [2.45, 2.75) is 6.92 Å². The second-order valence-corrected chi connectivity index (χ2v) is 2.04. The van der Waals surface area contributed by atoms with Crippen molar-refractivity contribution in [3.8, 4) is 0 Å². The summed E-state index contributed by atoms with van der Waals surface area (Å²) in [7, 11) is 0. The molecule has 1 heterocycles. The minimum absolute atomic E-state index is 0.0806. The van der Waals surface area contributed by atoms with E-state index in [1.165, 1.54) is 13.0 Å². The van der Waals surface area contributed by atoms with Crippen molar-refractivity contribution in [2.75, 3.05) is 0 Å². The lowest BCUT2D eigenvalue weighted by atomic mass is 10.3. The molecule has 0 saturated carbocycles. The summed E-state index contributed by atoms with van der Waals surface area (Å²) in [5.41, 5.74) is 0.649. The molecule has 0 unspecified atom stereocenters. The third-order valence-electron chi connectivity index (χ3n) is 1.17. The molecule has 1 rings (SSSR count). The minimum atomic E-state index is -0.450. The van der Waals surface area contributed by atoms with Gasteiger partial charge in [0.15, 0.2) is 0 Å². The number of allylic oxidation sites excluding steroid dienone is 1. The van der Waals surface area contributed by atoms with E-state index in [9.17, 15) is 10.1 Å². The molecule has 1 aromatic rings. The first-order valence-corrected chi connectivity index (χ1v) is 3.02. The molecular weight excluding hydrogens is 146 g/mol. The summed E-state index contributed by atoms with van der Waals surface area (Å²) in [4.78, 5) is 9.68. The first kappa shape index (κ1) is 7.46. The molecule has 0 aliphatic rings. The SMILES string of the molecule is CC(=Cc1cc[nH]n1)[N+](=O)[O-]. The Bertz CT molecular complexity index is 276. The molecule has 0 fully saturated rings. The van der Waals surface area contributed by atoms with Crippen molar-refractivity contribution >= 4 is 6.08 Å². The Balaban J connectivity index is 2.82. The largest absolute Gasteiger partial charge is 0.285 e. The number of H-pyrrole nitrogens is 1. The summed E-state index contributed by atoms with van der Waals surface area (Å²) in [6, 6.07) is 1.66. The van der Waals surface area contributed by atoms with Crippen LogP contribution in [0, 0.1) is 10.1 Å². The van der Waals surface area contributed by atoms with Gasteiger partial charge in [0.25, 0.3) is 0 Å². The first-order chi connectivity index (χ1) is 5.20. The molecule has 0 amide bonds. The predicted molar refractivity (Wildman–Crippen MR) is 39.2 cm³/mol. The van der Waals surface area contributed by atoms with Crippen LogP contribution in [-0.4, -0.2) is 15.1 Å². The zero-order valence-electron chi connectivity index (χ0n) is 5.94. The maximum atomic E-state index is 10.1. The maximum absolute atomic E-state index is 10.1. The van der Waals surface area contributed by atoms with Crippen LogP contribution in [0.1, 0.15) is 12.6 Å². The van der Waals surface area contributed by atoms with Gasteiger partial charge in [-0.2, -0.15) is 5.10 Å². The lowest BCUT2D eigenvalue weighted by molar-refractivity contribution is -0.422. The van der Waals surface area contributed by atoms with Gasteiger partial charge < -0.3 is 0 Å². The summed E-state index contributed by atoms with van der Waals surface area (Å²) < 4.78 is 0. The topological polar surface area (TPSA) is 71.8 Å². The molecule has 0 aromatic carbocycles. The molecule has 5 heteroatoms. The maximum Gasteiger partial charge on any atom is 0.245 e. The molecule has 11 heavy (non-hydrogen) atoms. The van der Waals surface area contributed by atoms with E-state index in [4.69, 9.17) is 0 Å². The van der Waals surface area contributed by atoms with Gasteiger partial charge in [0.05, 0.1) is 10.6 Å². The average Bonchev–Trinajstić information content (AvgIpc) is 2.39. The summed E-state index contributed by atoms with van der Waals surface area (Å²) in [6.07, 6.45) is 3.01. The van der Waals surface area contributed by atoms with Gasteiger partial charge in [-0.05, 0) is 6.07 Å². The van der Waals surface area contributed by atoms with Crippen LogP contribution in [0.3, 0.4) is 0 Å². The number of rotatable bonds is 2. The normalized spacial score (nSPS) is 11.5. The van der Waals surface area contributed by atoms with Crippen LogP contribution in [0.15, 0.2) is 18.0 Å². The van der Waals surface area contributed by atoms with Gasteiger partial charge >= 0.3 is 0 Å². The lowest BCUT2D eigenvalue weighted by Crippen LogP contribution is -1.92. The number of nitrogens with zero attached hydrogens (tertiary/aromatic N) is 2. The molecular formula is C6H7N3O2. The quantitative estimate of drug-likeness (QED) is 0.509. The Morgan fingerprint density at radius 3 is 3.09 bits per heavy atom. The molecule has 0 spiro atoms. The van der Waals surface area contributed by atoms with Gasteiger partial charge in [0, 0.05) is 19.2 Å². The molecule has 1 N–H and O–H groups in total. The van der Waals surface area contributed by atoms with Crippen LogP contribution in [0.25, 0.3) is 6.08 Å². The summed E-state index contributed by atoms with van der Waals surface area (Å²) in [5, 5.41) is 16.4. The van der Waals surface area contributed by atoms with Crippen LogP contribution in [0.4, 0.5) is 0 Å². The molecule has 0 radical (unpaired) electrons. The van der Waals surface area contributed by atoms with Crippen LogP contribution >= 0.6 is 0 Å². The summed E-state index contributed by atoms with van der Waals surface area (Å²) in [6.45, 7) is 1.43. The highest BCUT2D eigenvalue weighted by molar-refractivity contribution is 5.44. The van der Waals surface area contributed by atoms with E-state index in [0.717, 1.165) is 0 Å². The van der Waals surface area contributed by atoms with Crippen LogP contribution < -0.4 is 0 Å². The number of aromatic nitrogens is 2. The van der Waals surface area contributed by atoms with Crippen molar-refractivity contribution in [2.24, 2.45) is 0 Å². The molecule has 5 nitrogen and oxygen atoms in total. The van der Waals surface area contributed by atoms with Gasteiger partial charge in [-0.25, -0.2) is 0 Å². The zero-order valence-corrected chi connectivity index (χ0v) is 5.94. The standard InChI is InChI=1S/C6H7N3O2/c1-5(9(10)11)4-6-2-3-7-8-6/h2-4H,1H3,(H,7,8). The highest BCUT2D eigenvalue weighted by Crippen LogP contribution is 2.01. The fourth-order valence-electron chi connectivity index (χ4n) is 0.619. The number of nitrogens with one attached hydrogen (secondary N) is 1. The van der Waals surface area contributed by atoms with Crippen molar-refractivity contribution < 1.29 is 4.92 Å². The van der Waals surface area contributed by atoms with Crippen LogP contribution in [0.2, 0.25) is 0 Å². The van der Waals surface area contributed by atoms with Crippen molar-refractivity contribution in [1.82, 2.24) is 10.2 Å². The molecule has 0 aliphatic carbocycles. The Kier molecular flexibility index (Phi) is 2.00. The fraction of sp³-hybridized carbons (Fsp3) is 0.167. The molecule has 1 aromatic heterocycles. The third kappa shape index (κ3) is 1.89. The van der Waals surface area contributed by atoms with Crippen LogP contribution in [0.5, 0.6) is 0 Å². The minimum Gasteiger partial charge on any atom is -0.285 e. The van der Waals surface area contributed by atoms with E-state index in [0.29, 0.717) is 5.69 Å². The van der Waals surface area contributed by atoms with E-state index >= 15 is 0 Å². The Hall–Kier alpha value is -1.65. The number of nitro groups is 1. The Morgan fingerprint density at radius 2 is 2.64 bits per heavy atom. The van der Waals surface area contributed by atoms with E-state index < -0.39 is 4.92 Å². The molecule has 58 valence electrons. The molecule has 0 atom stereocenters. The van der Waals surface area contributed by atoms with E-state index in [-0.39, 0.29) is 5.70 Å². The molecule has 0 saturated heterocycles. The third-order valence-corrected chi connectivity index (χ3v) is 1.17. The fourth-order valence-corrected chi connectivity index (χ4v) is 0.619. The second-order valence-electron chi connectivity index (χ2n) is 2.04. The van der Waals surface area contributed by atoms with Crippen molar-refractivity contribution in [1.29, 1.82) is 0 Å². The number of aromatic amines is 1. The number of hydrogen-bond donors (Lipinski definition) is 1. The van der Waals surface area contributed by atoms with E-state index in [1.54, 1.807) is 12.3 Å². The van der Waals surface area contributed by atoms with Crippen molar-refractivity contribution in [3.63, 3.8) is 0 Å². The zero-order chi connectivity index (χ0) is 8.27. The average molecular weight is 153 g/mol. The summed E-state index contributed by atoms with van der Waals surface area (Å²) >= 11 is 0. The van der Waals surface area contributed by atoms with Gasteiger partial charge in [-0.15, -0.1) is 0 Å². The highest BCUT2D eigenvalue weighted by Gasteiger charge is 2.01. The van der Waals surface area contributed by atoms with Crippen molar-refractivity contribution in [3.05, 3.63) is 33.8 Å². The Labute approximate surface area is 62.9 Å². The molecule has 0 aliphatic heterocycles. The van der Waals surface area contributed by atoms with Gasteiger partial charge in [-0.1, -0.05) is 0 Å². The molecule has 0 bridgehead atoms. The predicted octanol–water partition coefficient (Wildman–Crippen LogP) is 1.05.